The molecule has 0 bridgehead atoms. The zero-order valence-corrected chi connectivity index (χ0v) is 14.1. The molecule has 20 heavy (non-hydrogen) atoms. The van der Waals surface area contributed by atoms with Gasteiger partial charge in [-0.3, -0.25) is 4.99 Å². The van der Waals surface area contributed by atoms with Gasteiger partial charge >= 0.3 is 0 Å². The quantitative estimate of drug-likeness (QED) is 0.702. The Bertz CT molecular complexity index is 319. The summed E-state index contributed by atoms with van der Waals surface area (Å²) < 4.78 is 0. The van der Waals surface area contributed by atoms with Gasteiger partial charge in [0.05, 0.1) is 0 Å². The van der Waals surface area contributed by atoms with E-state index in [0.29, 0.717) is 12.1 Å². The van der Waals surface area contributed by atoms with Crippen LogP contribution in [-0.4, -0.2) is 29.4 Å². The normalized spacial score (nSPS) is 31.1. The topological polar surface area (TPSA) is 15.6 Å². The van der Waals surface area contributed by atoms with Crippen molar-refractivity contribution in [3.63, 3.8) is 0 Å². The monoisotopic (exact) mass is 278 g/mol. The zero-order chi connectivity index (χ0) is 14.5. The van der Waals surface area contributed by atoms with E-state index in [0.717, 1.165) is 11.8 Å². The Morgan fingerprint density at radius 3 is 2.20 bits per heavy atom. The largest absolute Gasteiger partial charge is 0.358 e. The van der Waals surface area contributed by atoms with Crippen molar-refractivity contribution in [3.05, 3.63) is 0 Å². The first kappa shape index (κ1) is 15.9. The van der Waals surface area contributed by atoms with Crippen molar-refractivity contribution in [1.82, 2.24) is 4.90 Å². The van der Waals surface area contributed by atoms with E-state index in [-0.39, 0.29) is 0 Å². The summed E-state index contributed by atoms with van der Waals surface area (Å²) in [7, 11) is 0. The van der Waals surface area contributed by atoms with Crippen LogP contribution in [-0.2, 0) is 0 Å². The molecule has 2 fully saturated rings. The molecule has 0 amide bonds. The molecule has 2 atom stereocenters. The minimum absolute atomic E-state index is 0.428. The highest BCUT2D eigenvalue weighted by atomic mass is 15.2. The minimum Gasteiger partial charge on any atom is -0.358 e. The first-order valence-corrected chi connectivity index (χ1v) is 8.94. The van der Waals surface area contributed by atoms with Crippen molar-refractivity contribution in [2.45, 2.75) is 91.1 Å². The molecule has 0 spiro atoms. The third-order valence-corrected chi connectivity index (χ3v) is 5.04. The number of likely N-dealkylation sites (tertiary alicyclic amines) is 1. The van der Waals surface area contributed by atoms with Gasteiger partial charge in [-0.05, 0) is 52.9 Å². The fourth-order valence-electron chi connectivity index (χ4n) is 4.01. The van der Waals surface area contributed by atoms with Gasteiger partial charge in [0.25, 0.3) is 0 Å². The molecule has 0 aromatic rings. The van der Waals surface area contributed by atoms with Gasteiger partial charge in [-0.25, -0.2) is 0 Å². The van der Waals surface area contributed by atoms with Gasteiger partial charge in [-0.2, -0.15) is 0 Å². The number of hydrogen-bond donors (Lipinski definition) is 0. The average molecular weight is 278 g/mol. The Hall–Kier alpha value is -0.530. The second-order valence-corrected chi connectivity index (χ2v) is 7.37. The highest BCUT2D eigenvalue weighted by Gasteiger charge is 2.35. The summed E-state index contributed by atoms with van der Waals surface area (Å²) in [5.74, 6) is 3.10. The predicted octanol–water partition coefficient (Wildman–Crippen LogP) is 4.88. The van der Waals surface area contributed by atoms with Crippen molar-refractivity contribution in [2.24, 2.45) is 16.8 Å². The maximum atomic E-state index is 5.07. The third-order valence-electron chi connectivity index (χ3n) is 5.04. The second-order valence-electron chi connectivity index (χ2n) is 7.37. The average Bonchev–Trinajstić information content (AvgIpc) is 2.49. The van der Waals surface area contributed by atoms with E-state index < -0.39 is 0 Å². The van der Waals surface area contributed by atoms with E-state index in [1.165, 1.54) is 63.7 Å². The molecule has 1 saturated heterocycles. The van der Waals surface area contributed by atoms with Gasteiger partial charge in [-0.1, -0.05) is 32.1 Å². The molecule has 2 aliphatic rings. The van der Waals surface area contributed by atoms with Crippen LogP contribution >= 0.6 is 0 Å². The van der Waals surface area contributed by atoms with Crippen LogP contribution in [0.25, 0.3) is 0 Å². The maximum absolute atomic E-state index is 5.07. The molecule has 0 N–H and O–H groups in total. The van der Waals surface area contributed by atoms with E-state index >= 15 is 0 Å². The molecule has 2 rings (SSSR count). The lowest BCUT2D eigenvalue weighted by Crippen LogP contribution is -2.49. The van der Waals surface area contributed by atoms with E-state index in [4.69, 9.17) is 4.99 Å². The van der Waals surface area contributed by atoms with Crippen molar-refractivity contribution in [1.29, 1.82) is 0 Å². The summed E-state index contributed by atoms with van der Waals surface area (Å²) in [4.78, 5) is 7.67. The highest BCUT2D eigenvalue weighted by Crippen LogP contribution is 2.36. The van der Waals surface area contributed by atoms with Crippen molar-refractivity contribution in [3.8, 4) is 0 Å². The van der Waals surface area contributed by atoms with E-state index in [1.54, 1.807) is 0 Å². The van der Waals surface area contributed by atoms with Crippen LogP contribution in [0.3, 0.4) is 0 Å². The number of nitrogens with zero attached hydrogens (tertiary/aromatic N) is 2. The first-order chi connectivity index (χ1) is 9.59. The van der Waals surface area contributed by atoms with Gasteiger partial charge in [0, 0.05) is 24.5 Å². The van der Waals surface area contributed by atoms with Crippen LogP contribution in [0.15, 0.2) is 4.99 Å². The molecule has 2 nitrogen and oxygen atoms in total. The zero-order valence-electron chi connectivity index (χ0n) is 14.1. The van der Waals surface area contributed by atoms with Crippen LogP contribution in [0.1, 0.15) is 79.1 Å². The molecule has 0 aromatic heterocycles. The lowest BCUT2D eigenvalue weighted by Gasteiger charge is -2.43. The van der Waals surface area contributed by atoms with Crippen molar-refractivity contribution < 1.29 is 0 Å². The van der Waals surface area contributed by atoms with Crippen LogP contribution in [0.5, 0.6) is 0 Å². The lowest BCUT2D eigenvalue weighted by atomic mass is 9.78. The predicted molar refractivity (Wildman–Crippen MR) is 88.3 cm³/mol. The Labute approximate surface area is 126 Å². The van der Waals surface area contributed by atoms with Gasteiger partial charge in [0.15, 0.2) is 0 Å². The number of piperidine rings is 1. The standard InChI is InChI=1S/C18H34N2/c1-14(2)19-18-17-11-9-7-5-6-8-10-16(17)12-13-20(18)15(3)4/h14-17H,5-13H2,1-4H3. The molecular formula is C18H34N2. The molecule has 1 aliphatic heterocycles. The molecule has 2 heteroatoms. The molecule has 0 aromatic carbocycles. The fourth-order valence-corrected chi connectivity index (χ4v) is 4.01. The van der Waals surface area contributed by atoms with Crippen LogP contribution in [0, 0.1) is 11.8 Å². The summed E-state index contributed by atoms with van der Waals surface area (Å²) in [5.41, 5.74) is 0. The van der Waals surface area contributed by atoms with E-state index in [2.05, 4.69) is 32.6 Å². The molecule has 1 heterocycles. The lowest BCUT2D eigenvalue weighted by molar-refractivity contribution is 0.207. The molecule has 1 saturated carbocycles. The van der Waals surface area contributed by atoms with Crippen molar-refractivity contribution >= 4 is 5.84 Å². The Morgan fingerprint density at radius 1 is 0.900 bits per heavy atom. The number of hydrogen-bond acceptors (Lipinski definition) is 1. The van der Waals surface area contributed by atoms with E-state index in [1.807, 2.05) is 0 Å². The second kappa shape index (κ2) is 7.47. The summed E-state index contributed by atoms with van der Waals surface area (Å²) in [6.45, 7) is 10.3. The first-order valence-electron chi connectivity index (χ1n) is 8.94. The number of aliphatic imine (C=N–C) groups is 1. The Balaban J connectivity index is 2.21. The van der Waals surface area contributed by atoms with Gasteiger partial charge in [0.2, 0.25) is 0 Å². The van der Waals surface area contributed by atoms with Gasteiger partial charge in [-0.15, -0.1) is 0 Å². The molecule has 1 aliphatic carbocycles. The summed E-state index contributed by atoms with van der Waals surface area (Å²) in [5, 5.41) is 0. The molecule has 116 valence electrons. The van der Waals surface area contributed by atoms with Crippen LogP contribution in [0.4, 0.5) is 0 Å². The third kappa shape index (κ3) is 3.99. The summed E-state index contributed by atoms with van der Waals surface area (Å²) in [6.07, 6.45) is 11.4. The number of rotatable bonds is 2. The molecule has 0 radical (unpaired) electrons. The van der Waals surface area contributed by atoms with Gasteiger partial charge in [0.1, 0.15) is 5.84 Å². The fraction of sp³-hybridized carbons (Fsp3) is 0.944. The maximum Gasteiger partial charge on any atom is 0.103 e. The smallest absolute Gasteiger partial charge is 0.103 e. The molecular weight excluding hydrogens is 244 g/mol. The number of fused-ring (bicyclic) bond motifs is 1. The highest BCUT2D eigenvalue weighted by molar-refractivity contribution is 5.86. The summed E-state index contributed by atoms with van der Waals surface area (Å²) >= 11 is 0. The molecule has 2 unspecified atom stereocenters. The Morgan fingerprint density at radius 2 is 1.55 bits per heavy atom. The minimum atomic E-state index is 0.428. The Kier molecular flexibility index (Phi) is 5.92. The van der Waals surface area contributed by atoms with Crippen molar-refractivity contribution in [2.75, 3.05) is 6.54 Å². The number of amidine groups is 1. The van der Waals surface area contributed by atoms with Crippen LogP contribution < -0.4 is 0 Å². The summed E-state index contributed by atoms with van der Waals surface area (Å²) in [6, 6.07) is 1.03. The van der Waals surface area contributed by atoms with Crippen LogP contribution in [0.2, 0.25) is 0 Å². The SMILES string of the molecule is CC(C)N=C1C2CCCCCCCC2CCN1C(C)C. The van der Waals surface area contributed by atoms with E-state index in [9.17, 15) is 0 Å². The van der Waals surface area contributed by atoms with Gasteiger partial charge < -0.3 is 4.90 Å².